The fraction of sp³-hybridized carbons (Fsp3) is 0.278. The third-order valence-electron chi connectivity index (χ3n) is 3.80. The zero-order chi connectivity index (χ0) is 18.6. The number of fused-ring (bicyclic) bond motifs is 1. The van der Waals surface area contributed by atoms with Crippen molar-refractivity contribution in [2.45, 2.75) is 19.2 Å². The summed E-state index contributed by atoms with van der Waals surface area (Å²) in [6.45, 7) is 1.22. The second-order valence-electron chi connectivity index (χ2n) is 5.75. The minimum Gasteiger partial charge on any atom is -0.493 e. The lowest BCUT2D eigenvalue weighted by atomic mass is 10.1. The molecule has 0 aromatic heterocycles. The van der Waals surface area contributed by atoms with Crippen LogP contribution in [0.3, 0.4) is 0 Å². The Bertz CT molecular complexity index is 795. The largest absolute Gasteiger partial charge is 0.573 e. The molecule has 1 aliphatic heterocycles. The molecule has 0 bridgehead atoms. The molecule has 27 heavy (non-hydrogen) atoms. The lowest BCUT2D eigenvalue weighted by molar-refractivity contribution is -0.274. The van der Waals surface area contributed by atoms with Crippen LogP contribution in [0.4, 0.5) is 18.9 Å². The van der Waals surface area contributed by atoms with Gasteiger partial charge in [0.25, 0.3) is 0 Å². The SMILES string of the molecule is I.NC(=NCCc1ccc2c(c1)CCO2)Nc1ccc(OC(F)(F)F)cc1. The molecule has 0 radical (unpaired) electrons. The van der Waals surface area contributed by atoms with E-state index >= 15 is 0 Å². The van der Waals surface area contributed by atoms with Crippen molar-refractivity contribution in [1.29, 1.82) is 0 Å². The number of hydrogen-bond acceptors (Lipinski definition) is 3. The molecular formula is C18H19F3IN3O2. The summed E-state index contributed by atoms with van der Waals surface area (Å²) >= 11 is 0. The molecule has 1 heterocycles. The number of alkyl halides is 3. The molecule has 146 valence electrons. The average molecular weight is 493 g/mol. The number of anilines is 1. The molecule has 0 saturated carbocycles. The van der Waals surface area contributed by atoms with Crippen molar-refractivity contribution in [1.82, 2.24) is 0 Å². The number of benzene rings is 2. The number of halogens is 4. The summed E-state index contributed by atoms with van der Waals surface area (Å²) in [5.41, 5.74) is 8.69. The first-order valence-electron chi connectivity index (χ1n) is 8.06. The van der Waals surface area contributed by atoms with Gasteiger partial charge < -0.3 is 20.5 Å². The van der Waals surface area contributed by atoms with E-state index in [1.54, 1.807) is 0 Å². The molecule has 3 rings (SSSR count). The molecule has 1 aliphatic rings. The normalized spacial score (nSPS) is 13.4. The highest BCUT2D eigenvalue weighted by Gasteiger charge is 2.30. The minimum atomic E-state index is -4.71. The van der Waals surface area contributed by atoms with Gasteiger partial charge in [0, 0.05) is 18.7 Å². The van der Waals surface area contributed by atoms with Crippen molar-refractivity contribution < 1.29 is 22.6 Å². The molecule has 9 heteroatoms. The molecule has 5 nitrogen and oxygen atoms in total. The van der Waals surface area contributed by atoms with Crippen LogP contribution in [0.15, 0.2) is 47.5 Å². The summed E-state index contributed by atoms with van der Waals surface area (Å²) in [4.78, 5) is 4.23. The predicted molar refractivity (Wildman–Crippen MR) is 108 cm³/mol. The van der Waals surface area contributed by atoms with Gasteiger partial charge in [-0.1, -0.05) is 12.1 Å². The molecule has 3 N–H and O–H groups in total. The first kappa shape index (κ1) is 21.1. The Morgan fingerprint density at radius 1 is 1.19 bits per heavy atom. The number of guanidine groups is 1. The predicted octanol–water partition coefficient (Wildman–Crippen LogP) is 4.11. The molecule has 0 spiro atoms. The molecule has 0 aliphatic carbocycles. The number of nitrogens with zero attached hydrogens (tertiary/aromatic N) is 1. The van der Waals surface area contributed by atoms with Crippen molar-refractivity contribution in [2.75, 3.05) is 18.5 Å². The van der Waals surface area contributed by atoms with Crippen molar-refractivity contribution >= 4 is 35.6 Å². The third-order valence-corrected chi connectivity index (χ3v) is 3.80. The van der Waals surface area contributed by atoms with Crippen LogP contribution in [0.2, 0.25) is 0 Å². The van der Waals surface area contributed by atoms with Gasteiger partial charge in [0.05, 0.1) is 6.61 Å². The fourth-order valence-corrected chi connectivity index (χ4v) is 2.63. The van der Waals surface area contributed by atoms with Gasteiger partial charge in [-0.3, -0.25) is 4.99 Å². The lowest BCUT2D eigenvalue weighted by Gasteiger charge is -2.10. The molecule has 2 aromatic carbocycles. The van der Waals surface area contributed by atoms with Gasteiger partial charge in [-0.2, -0.15) is 0 Å². The Morgan fingerprint density at radius 3 is 2.63 bits per heavy atom. The summed E-state index contributed by atoms with van der Waals surface area (Å²) < 4.78 is 45.6. The highest BCUT2D eigenvalue weighted by atomic mass is 127. The summed E-state index contributed by atoms with van der Waals surface area (Å²) in [7, 11) is 0. The molecule has 0 fully saturated rings. The van der Waals surface area contributed by atoms with Gasteiger partial charge in [0.1, 0.15) is 11.5 Å². The van der Waals surface area contributed by atoms with E-state index in [1.165, 1.54) is 29.8 Å². The molecule has 0 unspecified atom stereocenters. The van der Waals surface area contributed by atoms with Gasteiger partial charge in [0.15, 0.2) is 5.96 Å². The molecular weight excluding hydrogens is 474 g/mol. The fourth-order valence-electron chi connectivity index (χ4n) is 2.63. The van der Waals surface area contributed by atoms with E-state index in [2.05, 4.69) is 21.1 Å². The van der Waals surface area contributed by atoms with Crippen LogP contribution in [0, 0.1) is 0 Å². The van der Waals surface area contributed by atoms with Crippen LogP contribution >= 0.6 is 24.0 Å². The molecule has 0 saturated heterocycles. The van der Waals surface area contributed by atoms with Crippen molar-refractivity contribution in [3.05, 3.63) is 53.6 Å². The molecule has 0 amide bonds. The summed E-state index contributed by atoms with van der Waals surface area (Å²) in [5, 5.41) is 2.83. The van der Waals surface area contributed by atoms with Gasteiger partial charge >= 0.3 is 6.36 Å². The summed E-state index contributed by atoms with van der Waals surface area (Å²) in [6.07, 6.45) is -3.06. The van der Waals surface area contributed by atoms with Crippen LogP contribution < -0.4 is 20.5 Å². The molecule has 2 aromatic rings. The quantitative estimate of drug-likeness (QED) is 0.374. The van der Waals surface area contributed by atoms with E-state index in [9.17, 15) is 13.2 Å². The smallest absolute Gasteiger partial charge is 0.493 e. The summed E-state index contributed by atoms with van der Waals surface area (Å²) in [6, 6.07) is 11.4. The maximum Gasteiger partial charge on any atom is 0.573 e. The maximum atomic E-state index is 12.1. The highest BCUT2D eigenvalue weighted by molar-refractivity contribution is 14.0. The van der Waals surface area contributed by atoms with Crippen molar-refractivity contribution in [3.8, 4) is 11.5 Å². The number of rotatable bonds is 5. The van der Waals surface area contributed by atoms with Crippen LogP contribution in [0.1, 0.15) is 11.1 Å². The Labute approximate surface area is 171 Å². The number of ether oxygens (including phenoxy) is 2. The van der Waals surface area contributed by atoms with Gasteiger partial charge in [-0.05, 0) is 47.9 Å². The minimum absolute atomic E-state index is 0. The number of aliphatic imine (C=N–C) groups is 1. The second-order valence-corrected chi connectivity index (χ2v) is 5.75. The van der Waals surface area contributed by atoms with E-state index in [0.29, 0.717) is 12.2 Å². The van der Waals surface area contributed by atoms with E-state index in [1.807, 2.05) is 12.1 Å². The van der Waals surface area contributed by atoms with Crippen LogP contribution in [0.25, 0.3) is 0 Å². The van der Waals surface area contributed by atoms with Crippen LogP contribution in [-0.4, -0.2) is 25.5 Å². The standard InChI is InChI=1S/C18H18F3N3O2.HI/c19-18(20,21)26-15-4-2-14(3-5-15)24-17(22)23-9-7-12-1-6-16-13(11-12)8-10-25-16;/h1-6,11H,7-10H2,(H3,22,23,24);1H. The molecule has 0 atom stereocenters. The highest BCUT2D eigenvalue weighted by Crippen LogP contribution is 2.26. The summed E-state index contributed by atoms with van der Waals surface area (Å²) in [5.74, 6) is 0.842. The van der Waals surface area contributed by atoms with E-state index in [4.69, 9.17) is 10.5 Å². The van der Waals surface area contributed by atoms with Crippen LogP contribution in [-0.2, 0) is 12.8 Å². The van der Waals surface area contributed by atoms with E-state index in [-0.39, 0.29) is 35.7 Å². The van der Waals surface area contributed by atoms with E-state index in [0.717, 1.165) is 30.8 Å². The topological polar surface area (TPSA) is 68.9 Å². The Hall–Kier alpha value is -2.17. The van der Waals surface area contributed by atoms with Crippen molar-refractivity contribution in [2.24, 2.45) is 10.7 Å². The van der Waals surface area contributed by atoms with Crippen LogP contribution in [0.5, 0.6) is 11.5 Å². The van der Waals surface area contributed by atoms with E-state index < -0.39 is 6.36 Å². The lowest BCUT2D eigenvalue weighted by Crippen LogP contribution is -2.23. The zero-order valence-corrected chi connectivity index (χ0v) is 16.6. The first-order valence-corrected chi connectivity index (χ1v) is 8.06. The van der Waals surface area contributed by atoms with Crippen molar-refractivity contribution in [3.63, 3.8) is 0 Å². The second kappa shape index (κ2) is 9.16. The van der Waals surface area contributed by atoms with Gasteiger partial charge in [0.2, 0.25) is 0 Å². The Morgan fingerprint density at radius 2 is 1.93 bits per heavy atom. The zero-order valence-electron chi connectivity index (χ0n) is 14.3. The number of nitrogens with two attached hydrogens (primary N) is 1. The maximum absolute atomic E-state index is 12.1. The monoisotopic (exact) mass is 493 g/mol. The number of nitrogens with one attached hydrogen (secondary N) is 1. The third kappa shape index (κ3) is 6.49. The Balaban J connectivity index is 0.00000261. The van der Waals surface area contributed by atoms with Gasteiger partial charge in [-0.15, -0.1) is 37.1 Å². The first-order chi connectivity index (χ1) is 12.4. The van der Waals surface area contributed by atoms with Gasteiger partial charge in [-0.25, -0.2) is 0 Å². The number of hydrogen-bond donors (Lipinski definition) is 2. The average Bonchev–Trinajstić information content (AvgIpc) is 3.03. The Kier molecular flexibility index (Phi) is 7.17.